The van der Waals surface area contributed by atoms with Crippen molar-refractivity contribution in [1.82, 2.24) is 14.1 Å². The molecule has 20 heavy (non-hydrogen) atoms. The van der Waals surface area contributed by atoms with Gasteiger partial charge >= 0.3 is 5.97 Å². The summed E-state index contributed by atoms with van der Waals surface area (Å²) < 4.78 is 27.7. The monoisotopic (exact) mass is 301 g/mol. The molecule has 0 aliphatic carbocycles. The standard InChI is InChI=1S/C12H19N3O4S/c1-12(2)6-4-8-15(10(12)11(16)17)20(18,19)9-5-7-13-14(9)3/h5,7,10H,4,6,8H2,1-3H3,(H,16,17). The second-order valence-electron chi connectivity index (χ2n) is 5.74. The SMILES string of the molecule is Cn1nccc1S(=O)(=O)N1CCCC(C)(C)C1C(=O)O. The van der Waals surface area contributed by atoms with Crippen molar-refractivity contribution < 1.29 is 18.3 Å². The van der Waals surface area contributed by atoms with Crippen LogP contribution in [0.25, 0.3) is 0 Å². The van der Waals surface area contributed by atoms with E-state index in [1.807, 2.05) is 0 Å². The largest absolute Gasteiger partial charge is 0.480 e. The fourth-order valence-corrected chi connectivity index (χ4v) is 4.67. The van der Waals surface area contributed by atoms with Gasteiger partial charge in [0.1, 0.15) is 6.04 Å². The number of aromatic nitrogens is 2. The molecule has 2 rings (SSSR count). The van der Waals surface area contributed by atoms with E-state index in [1.54, 1.807) is 13.8 Å². The Morgan fingerprint density at radius 2 is 2.15 bits per heavy atom. The highest BCUT2D eigenvalue weighted by molar-refractivity contribution is 7.89. The maximum atomic E-state index is 12.7. The predicted molar refractivity (Wildman–Crippen MR) is 71.5 cm³/mol. The second-order valence-corrected chi connectivity index (χ2v) is 7.58. The van der Waals surface area contributed by atoms with Gasteiger partial charge in [0, 0.05) is 13.6 Å². The van der Waals surface area contributed by atoms with Gasteiger partial charge in [-0.2, -0.15) is 9.40 Å². The van der Waals surface area contributed by atoms with E-state index in [1.165, 1.54) is 24.0 Å². The highest BCUT2D eigenvalue weighted by Gasteiger charge is 2.48. The number of sulfonamides is 1. The molecule has 1 atom stereocenters. The molecule has 0 amide bonds. The Morgan fingerprint density at radius 3 is 2.65 bits per heavy atom. The molecule has 1 aromatic rings. The molecule has 7 nitrogen and oxygen atoms in total. The van der Waals surface area contributed by atoms with Crippen LogP contribution in [-0.2, 0) is 21.9 Å². The quantitative estimate of drug-likeness (QED) is 0.886. The van der Waals surface area contributed by atoms with Gasteiger partial charge in [0.05, 0.1) is 6.20 Å². The number of carbonyl (C=O) groups is 1. The van der Waals surface area contributed by atoms with Crippen LogP contribution in [0.1, 0.15) is 26.7 Å². The van der Waals surface area contributed by atoms with Gasteiger partial charge in [-0.1, -0.05) is 13.8 Å². The van der Waals surface area contributed by atoms with Crippen LogP contribution in [-0.4, -0.2) is 46.2 Å². The Kier molecular flexibility index (Phi) is 3.64. The summed E-state index contributed by atoms with van der Waals surface area (Å²) in [6.07, 6.45) is 2.72. The lowest BCUT2D eigenvalue weighted by Gasteiger charge is -2.42. The van der Waals surface area contributed by atoms with Crippen LogP contribution >= 0.6 is 0 Å². The van der Waals surface area contributed by atoms with Gasteiger partial charge < -0.3 is 5.11 Å². The van der Waals surface area contributed by atoms with Crippen LogP contribution in [0.3, 0.4) is 0 Å². The lowest BCUT2D eigenvalue weighted by atomic mass is 9.77. The highest BCUT2D eigenvalue weighted by Crippen LogP contribution is 2.38. The summed E-state index contributed by atoms with van der Waals surface area (Å²) in [5.74, 6) is -1.11. The van der Waals surface area contributed by atoms with E-state index in [-0.39, 0.29) is 11.6 Å². The van der Waals surface area contributed by atoms with Crippen LogP contribution in [0, 0.1) is 5.41 Å². The van der Waals surface area contributed by atoms with Crippen molar-refractivity contribution in [3.63, 3.8) is 0 Å². The molecule has 1 unspecified atom stereocenters. The van der Waals surface area contributed by atoms with E-state index in [0.717, 1.165) is 4.31 Å². The van der Waals surface area contributed by atoms with Crippen molar-refractivity contribution in [1.29, 1.82) is 0 Å². The molecule has 1 aromatic heterocycles. The molecule has 8 heteroatoms. The molecule has 1 aliphatic heterocycles. The molecule has 112 valence electrons. The van der Waals surface area contributed by atoms with E-state index in [2.05, 4.69) is 5.10 Å². The number of carboxylic acid groups (broad SMARTS) is 1. The second kappa shape index (κ2) is 4.85. The number of hydrogen-bond donors (Lipinski definition) is 1. The Morgan fingerprint density at radius 1 is 1.50 bits per heavy atom. The molecule has 1 N–H and O–H groups in total. The van der Waals surface area contributed by atoms with Crippen LogP contribution < -0.4 is 0 Å². The minimum atomic E-state index is -3.86. The molecular weight excluding hydrogens is 282 g/mol. The lowest BCUT2D eigenvalue weighted by molar-refractivity contribution is -0.147. The van der Waals surface area contributed by atoms with Crippen molar-refractivity contribution in [2.24, 2.45) is 12.5 Å². The van der Waals surface area contributed by atoms with Crippen molar-refractivity contribution >= 4 is 16.0 Å². The van der Waals surface area contributed by atoms with Crippen molar-refractivity contribution in [3.05, 3.63) is 12.3 Å². The van der Waals surface area contributed by atoms with Gasteiger partial charge in [-0.25, -0.2) is 8.42 Å². The van der Waals surface area contributed by atoms with E-state index >= 15 is 0 Å². The Hall–Kier alpha value is -1.41. The topological polar surface area (TPSA) is 92.5 Å². The van der Waals surface area contributed by atoms with Gasteiger partial charge in [0.2, 0.25) is 0 Å². The van der Waals surface area contributed by atoms with Gasteiger partial charge in [-0.05, 0) is 24.3 Å². The van der Waals surface area contributed by atoms with E-state index in [0.29, 0.717) is 12.8 Å². The third-order valence-corrected chi connectivity index (χ3v) is 5.75. The van der Waals surface area contributed by atoms with Crippen LogP contribution in [0.4, 0.5) is 0 Å². The van der Waals surface area contributed by atoms with E-state index < -0.39 is 27.4 Å². The maximum Gasteiger partial charge on any atom is 0.322 e. The zero-order valence-electron chi connectivity index (χ0n) is 11.8. The normalized spacial score (nSPS) is 23.6. The summed E-state index contributed by atoms with van der Waals surface area (Å²) in [6.45, 7) is 3.79. The van der Waals surface area contributed by atoms with Crippen molar-refractivity contribution in [3.8, 4) is 0 Å². The number of rotatable bonds is 3. The fourth-order valence-electron chi connectivity index (χ4n) is 2.80. The summed E-state index contributed by atoms with van der Waals surface area (Å²) in [6, 6.07) is 0.326. The van der Waals surface area contributed by atoms with Crippen LogP contribution in [0.2, 0.25) is 0 Å². The maximum absolute atomic E-state index is 12.7. The van der Waals surface area contributed by atoms with Crippen LogP contribution in [0.15, 0.2) is 17.3 Å². The molecule has 1 aliphatic rings. The number of hydrogen-bond acceptors (Lipinski definition) is 4. The molecule has 1 fully saturated rings. The third kappa shape index (κ3) is 2.33. The molecule has 0 saturated carbocycles. The summed E-state index contributed by atoms with van der Waals surface area (Å²) in [7, 11) is -2.34. The molecule has 0 aromatic carbocycles. The van der Waals surface area contributed by atoms with Crippen molar-refractivity contribution in [2.45, 2.75) is 37.8 Å². The molecular formula is C12H19N3O4S. The first-order valence-electron chi connectivity index (χ1n) is 6.40. The van der Waals surface area contributed by atoms with Gasteiger partial charge in [-0.15, -0.1) is 0 Å². The van der Waals surface area contributed by atoms with E-state index in [4.69, 9.17) is 0 Å². The average Bonchev–Trinajstić information content (AvgIpc) is 2.73. The summed E-state index contributed by atoms with van der Waals surface area (Å²) >= 11 is 0. The van der Waals surface area contributed by atoms with Crippen molar-refractivity contribution in [2.75, 3.05) is 6.54 Å². The van der Waals surface area contributed by atoms with Gasteiger partial charge in [-0.3, -0.25) is 9.48 Å². The highest BCUT2D eigenvalue weighted by atomic mass is 32.2. The first-order chi connectivity index (χ1) is 9.18. The predicted octanol–water partition coefficient (Wildman–Crippen LogP) is 0.684. The first-order valence-corrected chi connectivity index (χ1v) is 7.84. The smallest absolute Gasteiger partial charge is 0.322 e. The number of piperidine rings is 1. The molecule has 0 radical (unpaired) electrons. The summed E-state index contributed by atoms with van der Waals surface area (Å²) in [5, 5.41) is 13.3. The average molecular weight is 301 g/mol. The molecule has 2 heterocycles. The molecule has 0 spiro atoms. The molecule has 0 bridgehead atoms. The molecule has 1 saturated heterocycles. The van der Waals surface area contributed by atoms with E-state index in [9.17, 15) is 18.3 Å². The van der Waals surface area contributed by atoms with Crippen LogP contribution in [0.5, 0.6) is 0 Å². The minimum absolute atomic E-state index is 0.0152. The minimum Gasteiger partial charge on any atom is -0.480 e. The summed E-state index contributed by atoms with van der Waals surface area (Å²) in [4.78, 5) is 11.6. The zero-order valence-corrected chi connectivity index (χ0v) is 12.6. The zero-order chi connectivity index (χ0) is 15.1. The summed E-state index contributed by atoms with van der Waals surface area (Å²) in [5.41, 5.74) is -0.601. The number of aryl methyl sites for hydroxylation is 1. The van der Waals surface area contributed by atoms with Gasteiger partial charge in [0.25, 0.3) is 10.0 Å². The first kappa shape index (κ1) is 15.0. The number of nitrogens with zero attached hydrogens (tertiary/aromatic N) is 3. The van der Waals surface area contributed by atoms with Gasteiger partial charge in [0.15, 0.2) is 5.03 Å². The lowest BCUT2D eigenvalue weighted by Crippen LogP contribution is -2.56. The fraction of sp³-hybridized carbons (Fsp3) is 0.667. The Labute approximate surface area is 118 Å². The Bertz CT molecular complexity index is 620. The third-order valence-electron chi connectivity index (χ3n) is 3.81. The number of carboxylic acids is 1. The Balaban J connectivity index is 2.49. The number of aliphatic carboxylic acids is 1.